The van der Waals surface area contributed by atoms with E-state index in [1.165, 1.54) is 11.8 Å². The lowest BCUT2D eigenvalue weighted by Crippen LogP contribution is -2.04. The molecule has 0 saturated heterocycles. The second-order valence-corrected chi connectivity index (χ2v) is 5.98. The van der Waals surface area contributed by atoms with Crippen LogP contribution < -0.4 is 4.74 Å². The summed E-state index contributed by atoms with van der Waals surface area (Å²) in [6.07, 6.45) is 0.674. The van der Waals surface area contributed by atoms with Gasteiger partial charge in [-0.05, 0) is 29.8 Å². The monoisotopic (exact) mass is 336 g/mol. The van der Waals surface area contributed by atoms with Gasteiger partial charge in [-0.1, -0.05) is 42.1 Å². The van der Waals surface area contributed by atoms with Crippen LogP contribution in [0.3, 0.4) is 0 Å². The first-order valence-corrected chi connectivity index (χ1v) is 8.43. The number of thioether (sulfide) groups is 1. The molecule has 0 spiro atoms. The highest BCUT2D eigenvalue weighted by molar-refractivity contribution is 7.99. The molecule has 1 heterocycles. The summed E-state index contributed by atoms with van der Waals surface area (Å²) < 4.78 is 7.21. The van der Waals surface area contributed by atoms with E-state index in [2.05, 4.69) is 28.4 Å². The molecule has 0 atom stereocenters. The van der Waals surface area contributed by atoms with Crippen molar-refractivity contribution in [3.8, 4) is 17.5 Å². The van der Waals surface area contributed by atoms with Crippen molar-refractivity contribution in [1.29, 1.82) is 5.26 Å². The van der Waals surface area contributed by atoms with E-state index in [-0.39, 0.29) is 0 Å². The van der Waals surface area contributed by atoms with Gasteiger partial charge in [0.15, 0.2) is 5.16 Å². The van der Waals surface area contributed by atoms with Gasteiger partial charge in [-0.15, -0.1) is 10.2 Å². The summed E-state index contributed by atoms with van der Waals surface area (Å²) in [6.45, 7) is 0. The Balaban J connectivity index is 1.99. The number of nitriles is 1. The van der Waals surface area contributed by atoms with Crippen molar-refractivity contribution in [3.63, 3.8) is 0 Å². The molecule has 0 unspecified atom stereocenters. The van der Waals surface area contributed by atoms with Gasteiger partial charge in [0.2, 0.25) is 0 Å². The number of ether oxygens (including phenoxy) is 1. The molecule has 3 rings (SSSR count). The molecular formula is C18H16N4OS. The Morgan fingerprint density at radius 3 is 2.50 bits per heavy atom. The van der Waals surface area contributed by atoms with Crippen molar-refractivity contribution < 1.29 is 4.74 Å². The minimum absolute atomic E-state index is 0.333. The Labute approximate surface area is 144 Å². The van der Waals surface area contributed by atoms with Gasteiger partial charge in [0, 0.05) is 12.1 Å². The second-order valence-electron chi connectivity index (χ2n) is 5.04. The van der Waals surface area contributed by atoms with Crippen molar-refractivity contribution in [2.45, 2.75) is 11.6 Å². The van der Waals surface area contributed by atoms with Crippen LogP contribution in [0.4, 0.5) is 0 Å². The average Bonchev–Trinajstić information content (AvgIpc) is 3.03. The van der Waals surface area contributed by atoms with Gasteiger partial charge in [0.1, 0.15) is 11.6 Å². The van der Waals surface area contributed by atoms with Gasteiger partial charge >= 0.3 is 0 Å². The smallest absolute Gasteiger partial charge is 0.196 e. The third-order valence-electron chi connectivity index (χ3n) is 3.50. The SMILES string of the molecule is COc1ccc(-n2c(Cc3ccccc3)nnc2SCC#N)cc1. The number of methoxy groups -OCH3 is 1. The largest absolute Gasteiger partial charge is 0.497 e. The molecule has 2 aromatic carbocycles. The molecule has 0 saturated carbocycles. The third-order valence-corrected chi connectivity index (χ3v) is 4.30. The highest BCUT2D eigenvalue weighted by atomic mass is 32.2. The number of hydrogen-bond donors (Lipinski definition) is 0. The van der Waals surface area contributed by atoms with Crippen molar-refractivity contribution in [2.75, 3.05) is 12.9 Å². The van der Waals surface area contributed by atoms with Crippen LogP contribution in [0.15, 0.2) is 59.8 Å². The van der Waals surface area contributed by atoms with Crippen LogP contribution in [-0.4, -0.2) is 27.6 Å². The Morgan fingerprint density at radius 2 is 1.83 bits per heavy atom. The van der Waals surface area contributed by atoms with E-state index in [9.17, 15) is 0 Å². The van der Waals surface area contributed by atoms with Crippen LogP contribution in [0.25, 0.3) is 5.69 Å². The predicted octanol–water partition coefficient (Wildman–Crippen LogP) is 3.48. The first-order valence-electron chi connectivity index (χ1n) is 7.44. The van der Waals surface area contributed by atoms with Crippen LogP contribution in [0.5, 0.6) is 5.75 Å². The summed E-state index contributed by atoms with van der Waals surface area (Å²) in [7, 11) is 1.64. The fraction of sp³-hybridized carbons (Fsp3) is 0.167. The number of rotatable bonds is 6. The van der Waals surface area contributed by atoms with Gasteiger partial charge < -0.3 is 4.74 Å². The van der Waals surface area contributed by atoms with E-state index in [0.29, 0.717) is 17.3 Å². The quantitative estimate of drug-likeness (QED) is 0.645. The van der Waals surface area contributed by atoms with Gasteiger partial charge in [0.25, 0.3) is 0 Å². The highest BCUT2D eigenvalue weighted by Gasteiger charge is 2.15. The second kappa shape index (κ2) is 7.66. The molecule has 5 nitrogen and oxygen atoms in total. The maximum atomic E-state index is 8.85. The molecule has 0 bridgehead atoms. The van der Waals surface area contributed by atoms with E-state index in [1.54, 1.807) is 7.11 Å². The average molecular weight is 336 g/mol. The number of aromatic nitrogens is 3. The van der Waals surface area contributed by atoms with Crippen molar-refractivity contribution in [3.05, 3.63) is 66.0 Å². The van der Waals surface area contributed by atoms with Crippen LogP contribution in [0.1, 0.15) is 11.4 Å². The number of benzene rings is 2. The molecule has 6 heteroatoms. The Bertz CT molecular complexity index is 838. The molecule has 24 heavy (non-hydrogen) atoms. The molecule has 0 aliphatic carbocycles. The summed E-state index contributed by atoms with van der Waals surface area (Å²) in [6, 6.07) is 20.0. The lowest BCUT2D eigenvalue weighted by atomic mass is 10.1. The first-order chi connectivity index (χ1) is 11.8. The minimum Gasteiger partial charge on any atom is -0.497 e. The minimum atomic E-state index is 0.333. The zero-order valence-electron chi connectivity index (χ0n) is 13.2. The topological polar surface area (TPSA) is 63.7 Å². The van der Waals surface area contributed by atoms with Crippen molar-refractivity contribution >= 4 is 11.8 Å². The van der Waals surface area contributed by atoms with Crippen LogP contribution in [0.2, 0.25) is 0 Å². The first kappa shape index (κ1) is 16.1. The fourth-order valence-electron chi connectivity index (χ4n) is 2.37. The van der Waals surface area contributed by atoms with Gasteiger partial charge in [-0.3, -0.25) is 4.57 Å². The Morgan fingerprint density at radius 1 is 1.08 bits per heavy atom. The molecule has 0 aliphatic heterocycles. The van der Waals surface area contributed by atoms with Gasteiger partial charge in [-0.25, -0.2) is 0 Å². The summed E-state index contributed by atoms with van der Waals surface area (Å²) in [4.78, 5) is 0. The molecular weight excluding hydrogens is 320 g/mol. The van der Waals surface area contributed by atoms with E-state index in [4.69, 9.17) is 10.00 Å². The van der Waals surface area contributed by atoms with Crippen molar-refractivity contribution in [2.24, 2.45) is 0 Å². The van der Waals surface area contributed by atoms with Crippen molar-refractivity contribution in [1.82, 2.24) is 14.8 Å². The van der Waals surface area contributed by atoms with Crippen LogP contribution in [0, 0.1) is 11.3 Å². The zero-order valence-corrected chi connectivity index (χ0v) is 14.0. The molecule has 0 fully saturated rings. The molecule has 1 aromatic heterocycles. The molecule has 0 radical (unpaired) electrons. The highest BCUT2D eigenvalue weighted by Crippen LogP contribution is 2.24. The van der Waals surface area contributed by atoms with Gasteiger partial charge in [-0.2, -0.15) is 5.26 Å². The maximum absolute atomic E-state index is 8.85. The Kier molecular flexibility index (Phi) is 5.14. The lowest BCUT2D eigenvalue weighted by Gasteiger charge is -2.10. The normalized spacial score (nSPS) is 10.3. The van der Waals surface area contributed by atoms with E-state index >= 15 is 0 Å². The number of nitrogens with zero attached hydrogens (tertiary/aromatic N) is 4. The Hall–Kier alpha value is -2.78. The number of hydrogen-bond acceptors (Lipinski definition) is 5. The zero-order chi connectivity index (χ0) is 16.8. The third kappa shape index (κ3) is 3.58. The van der Waals surface area contributed by atoms with Crippen LogP contribution >= 0.6 is 11.8 Å². The van der Waals surface area contributed by atoms with E-state index in [0.717, 1.165) is 22.8 Å². The molecule has 120 valence electrons. The predicted molar refractivity (Wildman–Crippen MR) is 93.5 cm³/mol. The molecule has 0 N–H and O–H groups in total. The summed E-state index contributed by atoms with van der Waals surface area (Å²) >= 11 is 1.38. The van der Waals surface area contributed by atoms with E-state index < -0.39 is 0 Å². The standard InChI is InChI=1S/C18H16N4OS/c1-23-16-9-7-15(8-10-16)22-17(13-14-5-3-2-4-6-14)20-21-18(22)24-12-11-19/h2-10H,12-13H2,1H3. The fourth-order valence-corrected chi connectivity index (χ4v) is 3.01. The summed E-state index contributed by atoms with van der Waals surface area (Å²) in [5.74, 6) is 1.97. The van der Waals surface area contributed by atoms with Crippen LogP contribution in [-0.2, 0) is 6.42 Å². The summed E-state index contributed by atoms with van der Waals surface area (Å²) in [5.41, 5.74) is 2.11. The molecule has 3 aromatic rings. The van der Waals surface area contributed by atoms with E-state index in [1.807, 2.05) is 47.0 Å². The van der Waals surface area contributed by atoms with Gasteiger partial charge in [0.05, 0.1) is 18.9 Å². The lowest BCUT2D eigenvalue weighted by molar-refractivity contribution is 0.414. The summed E-state index contributed by atoms with van der Waals surface area (Å²) in [5, 5.41) is 18.2. The maximum Gasteiger partial charge on any atom is 0.196 e. The molecule has 0 aliphatic rings. The molecule has 0 amide bonds.